The number of hydrogen-bond donors (Lipinski definition) is 1. The summed E-state index contributed by atoms with van der Waals surface area (Å²) in [6.45, 7) is 1.69. The highest BCUT2D eigenvalue weighted by molar-refractivity contribution is 5.88. The average molecular weight is 286 g/mol. The Morgan fingerprint density at radius 1 is 1.33 bits per heavy atom. The number of rotatable bonds is 4. The van der Waals surface area contributed by atoms with Crippen molar-refractivity contribution in [3.63, 3.8) is 0 Å². The maximum Gasteiger partial charge on any atom is 0.352 e. The Hall–Kier alpha value is -2.63. The predicted molar refractivity (Wildman–Crippen MR) is 76.5 cm³/mol. The van der Waals surface area contributed by atoms with Crippen LogP contribution in [0.1, 0.15) is 34.9 Å². The predicted octanol–water partition coefficient (Wildman–Crippen LogP) is 3.40. The summed E-state index contributed by atoms with van der Waals surface area (Å²) in [6, 6.07) is 8.36. The van der Waals surface area contributed by atoms with E-state index in [1.807, 2.05) is 0 Å². The number of benzene rings is 1. The zero-order valence-corrected chi connectivity index (χ0v) is 11.4. The van der Waals surface area contributed by atoms with E-state index in [2.05, 4.69) is 0 Å². The van der Waals surface area contributed by atoms with Gasteiger partial charge in [0.15, 0.2) is 0 Å². The van der Waals surface area contributed by atoms with Gasteiger partial charge in [0, 0.05) is 28.9 Å². The van der Waals surface area contributed by atoms with Gasteiger partial charge in [-0.2, -0.15) is 0 Å². The lowest BCUT2D eigenvalue weighted by molar-refractivity contribution is -0.385. The summed E-state index contributed by atoms with van der Waals surface area (Å²) >= 11 is 0. The molecule has 108 valence electrons. The highest BCUT2D eigenvalue weighted by Crippen LogP contribution is 2.41. The quantitative estimate of drug-likeness (QED) is 0.689. The first-order valence-electron chi connectivity index (χ1n) is 6.69. The number of carbonyl (C=O) groups is 1. The molecule has 21 heavy (non-hydrogen) atoms. The van der Waals surface area contributed by atoms with Gasteiger partial charge < -0.3 is 9.67 Å². The standard InChI is InChI=1S/C15H14N2O4/c1-9-11(3-2-4-12(9)17(20)21)13-7-8-14(15(18)19)16(13)10-5-6-10/h2-4,7-8,10H,5-6H2,1H3,(H,18,19). The molecule has 0 amide bonds. The summed E-state index contributed by atoms with van der Waals surface area (Å²) in [4.78, 5) is 22.0. The minimum atomic E-state index is -0.976. The Balaban J connectivity index is 2.20. The SMILES string of the molecule is Cc1c(-c2ccc(C(=O)O)n2C2CC2)cccc1[N+](=O)[O-]. The molecular weight excluding hydrogens is 272 g/mol. The maximum absolute atomic E-state index is 11.3. The summed E-state index contributed by atoms with van der Waals surface area (Å²) in [7, 11) is 0. The van der Waals surface area contributed by atoms with E-state index in [4.69, 9.17) is 0 Å². The van der Waals surface area contributed by atoms with Crippen molar-refractivity contribution in [3.8, 4) is 11.3 Å². The largest absolute Gasteiger partial charge is 0.477 e. The summed E-state index contributed by atoms with van der Waals surface area (Å²) in [6.07, 6.45) is 1.88. The van der Waals surface area contributed by atoms with Gasteiger partial charge in [-0.1, -0.05) is 12.1 Å². The van der Waals surface area contributed by atoms with Gasteiger partial charge in [-0.05, 0) is 31.9 Å². The molecule has 1 aliphatic rings. The number of carboxylic acids is 1. The minimum absolute atomic E-state index is 0.0490. The lowest BCUT2D eigenvalue weighted by atomic mass is 10.0. The van der Waals surface area contributed by atoms with Crippen molar-refractivity contribution < 1.29 is 14.8 Å². The number of carboxylic acid groups (broad SMARTS) is 1. The van der Waals surface area contributed by atoms with Crippen molar-refractivity contribution in [1.29, 1.82) is 0 Å². The normalized spacial score (nSPS) is 14.1. The van der Waals surface area contributed by atoms with Crippen molar-refractivity contribution in [2.75, 3.05) is 0 Å². The van der Waals surface area contributed by atoms with E-state index in [0.29, 0.717) is 11.1 Å². The first-order chi connectivity index (χ1) is 10.0. The van der Waals surface area contributed by atoms with Crippen LogP contribution in [0.4, 0.5) is 5.69 Å². The average Bonchev–Trinajstić information content (AvgIpc) is 3.17. The van der Waals surface area contributed by atoms with Gasteiger partial charge in [0.2, 0.25) is 0 Å². The number of hydrogen-bond acceptors (Lipinski definition) is 3. The van der Waals surface area contributed by atoms with Crippen LogP contribution in [0, 0.1) is 17.0 Å². The van der Waals surface area contributed by atoms with Gasteiger partial charge in [-0.25, -0.2) is 4.79 Å². The first-order valence-corrected chi connectivity index (χ1v) is 6.69. The number of aromatic carboxylic acids is 1. The Labute approximate surface area is 120 Å². The van der Waals surface area contributed by atoms with Crippen LogP contribution in [0.15, 0.2) is 30.3 Å². The molecule has 6 nitrogen and oxygen atoms in total. The minimum Gasteiger partial charge on any atom is -0.477 e. The number of nitro groups is 1. The Kier molecular flexibility index (Phi) is 3.01. The number of nitrogens with zero attached hydrogens (tertiary/aromatic N) is 2. The van der Waals surface area contributed by atoms with Crippen LogP contribution in [0.2, 0.25) is 0 Å². The Morgan fingerprint density at radius 2 is 2.05 bits per heavy atom. The zero-order chi connectivity index (χ0) is 15.1. The smallest absolute Gasteiger partial charge is 0.352 e. The third-order valence-corrected chi connectivity index (χ3v) is 3.83. The first kappa shape index (κ1) is 13.4. The number of nitro benzene ring substituents is 1. The van der Waals surface area contributed by atoms with E-state index in [0.717, 1.165) is 18.5 Å². The fourth-order valence-corrected chi connectivity index (χ4v) is 2.67. The van der Waals surface area contributed by atoms with E-state index in [-0.39, 0.29) is 17.4 Å². The molecule has 0 saturated heterocycles. The fourth-order valence-electron chi connectivity index (χ4n) is 2.67. The van der Waals surface area contributed by atoms with Gasteiger partial charge in [0.25, 0.3) is 5.69 Å². The van der Waals surface area contributed by atoms with Crippen LogP contribution in [0.25, 0.3) is 11.3 Å². The molecule has 1 N–H and O–H groups in total. The molecule has 2 aromatic rings. The van der Waals surface area contributed by atoms with Crippen LogP contribution < -0.4 is 0 Å². The lowest BCUT2D eigenvalue weighted by Crippen LogP contribution is -2.08. The van der Waals surface area contributed by atoms with Crippen molar-refractivity contribution in [2.45, 2.75) is 25.8 Å². The molecule has 1 aliphatic carbocycles. The third-order valence-electron chi connectivity index (χ3n) is 3.83. The molecule has 1 saturated carbocycles. The van der Waals surface area contributed by atoms with E-state index in [1.165, 1.54) is 6.07 Å². The van der Waals surface area contributed by atoms with Crippen LogP contribution >= 0.6 is 0 Å². The summed E-state index contributed by atoms with van der Waals surface area (Å²) in [5.74, 6) is -0.976. The maximum atomic E-state index is 11.3. The van der Waals surface area contributed by atoms with Gasteiger partial charge in [-0.15, -0.1) is 0 Å². The van der Waals surface area contributed by atoms with Crippen LogP contribution in [-0.2, 0) is 0 Å². The van der Waals surface area contributed by atoms with Crippen LogP contribution in [0.5, 0.6) is 0 Å². The molecular formula is C15H14N2O4. The van der Waals surface area contributed by atoms with Crippen LogP contribution in [0.3, 0.4) is 0 Å². The van der Waals surface area contributed by atoms with E-state index in [9.17, 15) is 20.0 Å². The van der Waals surface area contributed by atoms with Gasteiger partial charge >= 0.3 is 5.97 Å². The van der Waals surface area contributed by atoms with E-state index in [1.54, 1.807) is 35.8 Å². The second-order valence-electron chi connectivity index (χ2n) is 5.22. The molecule has 1 fully saturated rings. The topological polar surface area (TPSA) is 85.4 Å². The van der Waals surface area contributed by atoms with Gasteiger partial charge in [0.1, 0.15) is 5.69 Å². The summed E-state index contributed by atoms with van der Waals surface area (Å²) in [5.41, 5.74) is 2.28. The highest BCUT2D eigenvalue weighted by Gasteiger charge is 2.30. The molecule has 1 aromatic carbocycles. The van der Waals surface area contributed by atoms with Crippen LogP contribution in [-0.4, -0.2) is 20.6 Å². The second kappa shape index (κ2) is 4.73. The van der Waals surface area contributed by atoms with Gasteiger partial charge in [0.05, 0.1) is 4.92 Å². The molecule has 0 unspecified atom stereocenters. The van der Waals surface area contributed by atoms with Crippen molar-refractivity contribution in [2.24, 2.45) is 0 Å². The zero-order valence-electron chi connectivity index (χ0n) is 11.4. The second-order valence-corrected chi connectivity index (χ2v) is 5.22. The highest BCUT2D eigenvalue weighted by atomic mass is 16.6. The molecule has 1 aromatic heterocycles. The summed E-state index contributed by atoms with van der Waals surface area (Å²) in [5, 5.41) is 20.3. The van der Waals surface area contributed by atoms with Gasteiger partial charge in [-0.3, -0.25) is 10.1 Å². The monoisotopic (exact) mass is 286 g/mol. The molecule has 0 radical (unpaired) electrons. The Bertz CT molecular complexity index is 744. The number of aromatic nitrogens is 1. The molecule has 6 heteroatoms. The van der Waals surface area contributed by atoms with Crippen molar-refractivity contribution in [1.82, 2.24) is 4.57 Å². The van der Waals surface area contributed by atoms with Crippen molar-refractivity contribution in [3.05, 3.63) is 51.7 Å². The molecule has 0 bridgehead atoms. The third kappa shape index (κ3) is 2.18. The molecule has 0 spiro atoms. The van der Waals surface area contributed by atoms with E-state index >= 15 is 0 Å². The Morgan fingerprint density at radius 3 is 2.62 bits per heavy atom. The van der Waals surface area contributed by atoms with Crippen molar-refractivity contribution >= 4 is 11.7 Å². The molecule has 3 rings (SSSR count). The fraction of sp³-hybridized carbons (Fsp3) is 0.267. The lowest BCUT2D eigenvalue weighted by Gasteiger charge is -2.12. The van der Waals surface area contributed by atoms with E-state index < -0.39 is 10.9 Å². The molecule has 0 atom stereocenters. The summed E-state index contributed by atoms with van der Waals surface area (Å²) < 4.78 is 1.79. The molecule has 0 aliphatic heterocycles. The molecule has 1 heterocycles.